The van der Waals surface area contributed by atoms with Crippen molar-refractivity contribution in [3.05, 3.63) is 29.3 Å². The Morgan fingerprint density at radius 2 is 2.05 bits per heavy atom. The van der Waals surface area contributed by atoms with E-state index in [1.54, 1.807) is 24.9 Å². The number of rotatable bonds is 7. The minimum Gasteiger partial charge on any atom is -0.316 e. The molecule has 108 valence electrons. The maximum absolute atomic E-state index is 12.5. The van der Waals surface area contributed by atoms with Crippen LogP contribution in [-0.2, 0) is 16.6 Å². The monoisotopic (exact) mass is 302 g/mol. The van der Waals surface area contributed by atoms with E-state index < -0.39 is 10.0 Å². The van der Waals surface area contributed by atoms with E-state index in [2.05, 4.69) is 5.32 Å². The molecule has 1 aromatic rings. The van der Waals surface area contributed by atoms with Gasteiger partial charge in [-0.05, 0) is 37.4 Å². The van der Waals surface area contributed by atoms with Crippen LogP contribution in [0.1, 0.15) is 11.1 Å². The van der Waals surface area contributed by atoms with Crippen LogP contribution in [-0.4, -0.2) is 45.4 Å². The quantitative estimate of drug-likeness (QED) is 0.833. The maximum atomic E-state index is 12.5. The standard InChI is InChI=1S/C13H22N2O2S2/c1-11-5-6-12(10-14-2)9-13(11)19(16,17)15(3)7-8-18-4/h5-6,9,14H,7-8,10H2,1-4H3. The van der Waals surface area contributed by atoms with E-state index in [0.717, 1.165) is 16.9 Å². The Morgan fingerprint density at radius 1 is 1.37 bits per heavy atom. The summed E-state index contributed by atoms with van der Waals surface area (Å²) >= 11 is 1.64. The van der Waals surface area contributed by atoms with Crippen molar-refractivity contribution in [2.75, 3.05) is 32.6 Å². The lowest BCUT2D eigenvalue weighted by molar-refractivity contribution is 0.488. The molecule has 1 aromatic carbocycles. The first-order valence-electron chi connectivity index (χ1n) is 6.13. The van der Waals surface area contributed by atoms with Crippen LogP contribution in [0, 0.1) is 6.92 Å². The fourth-order valence-corrected chi connectivity index (χ4v) is 3.76. The van der Waals surface area contributed by atoms with Crippen molar-refractivity contribution in [2.45, 2.75) is 18.4 Å². The number of benzene rings is 1. The zero-order valence-electron chi connectivity index (χ0n) is 11.9. The highest BCUT2D eigenvalue weighted by Crippen LogP contribution is 2.20. The van der Waals surface area contributed by atoms with Gasteiger partial charge in [-0.15, -0.1) is 0 Å². The number of aryl methyl sites for hydroxylation is 1. The van der Waals surface area contributed by atoms with Gasteiger partial charge in [0.05, 0.1) is 4.90 Å². The summed E-state index contributed by atoms with van der Waals surface area (Å²) in [6.45, 7) is 3.02. The molecule has 0 fully saturated rings. The van der Waals surface area contributed by atoms with E-state index in [4.69, 9.17) is 0 Å². The van der Waals surface area contributed by atoms with Crippen LogP contribution >= 0.6 is 11.8 Å². The summed E-state index contributed by atoms with van der Waals surface area (Å²) in [5.41, 5.74) is 1.76. The van der Waals surface area contributed by atoms with Gasteiger partial charge in [-0.3, -0.25) is 0 Å². The van der Waals surface area contributed by atoms with Crippen molar-refractivity contribution in [1.29, 1.82) is 0 Å². The molecule has 0 spiro atoms. The first-order valence-corrected chi connectivity index (χ1v) is 8.96. The lowest BCUT2D eigenvalue weighted by Crippen LogP contribution is -2.29. The molecule has 0 amide bonds. The second kappa shape index (κ2) is 7.28. The van der Waals surface area contributed by atoms with Crippen LogP contribution in [0.25, 0.3) is 0 Å². The molecule has 0 saturated carbocycles. The van der Waals surface area contributed by atoms with Gasteiger partial charge in [0.15, 0.2) is 0 Å². The second-order valence-corrected chi connectivity index (χ2v) is 7.45. The van der Waals surface area contributed by atoms with Crippen molar-refractivity contribution in [3.63, 3.8) is 0 Å². The molecule has 19 heavy (non-hydrogen) atoms. The zero-order valence-corrected chi connectivity index (χ0v) is 13.6. The highest BCUT2D eigenvalue weighted by Gasteiger charge is 2.22. The molecule has 0 unspecified atom stereocenters. The molecule has 0 aliphatic carbocycles. The van der Waals surface area contributed by atoms with Gasteiger partial charge in [-0.25, -0.2) is 12.7 Å². The summed E-state index contributed by atoms with van der Waals surface area (Å²) in [6, 6.07) is 5.57. The summed E-state index contributed by atoms with van der Waals surface area (Å²) in [6.07, 6.45) is 1.97. The van der Waals surface area contributed by atoms with Crippen LogP contribution < -0.4 is 5.32 Å². The largest absolute Gasteiger partial charge is 0.316 e. The Labute approximate surface area is 120 Å². The predicted molar refractivity (Wildman–Crippen MR) is 82.1 cm³/mol. The zero-order chi connectivity index (χ0) is 14.5. The molecule has 0 saturated heterocycles. The van der Waals surface area contributed by atoms with Crippen molar-refractivity contribution >= 4 is 21.8 Å². The Balaban J connectivity index is 3.09. The van der Waals surface area contributed by atoms with E-state index in [0.29, 0.717) is 18.0 Å². The molecular weight excluding hydrogens is 280 g/mol. The molecule has 0 aromatic heterocycles. The third-order valence-electron chi connectivity index (χ3n) is 2.93. The molecule has 0 atom stereocenters. The summed E-state index contributed by atoms with van der Waals surface area (Å²) in [5, 5.41) is 3.03. The summed E-state index contributed by atoms with van der Waals surface area (Å²) in [7, 11) is 0.0900. The summed E-state index contributed by atoms with van der Waals surface area (Å²) in [4.78, 5) is 0.406. The minimum absolute atomic E-state index is 0.406. The summed E-state index contributed by atoms with van der Waals surface area (Å²) < 4.78 is 26.4. The Morgan fingerprint density at radius 3 is 2.63 bits per heavy atom. The van der Waals surface area contributed by atoms with Gasteiger partial charge in [0.1, 0.15) is 0 Å². The molecule has 6 heteroatoms. The number of hydrogen-bond donors (Lipinski definition) is 1. The molecule has 4 nitrogen and oxygen atoms in total. The molecule has 1 rings (SSSR count). The number of thioether (sulfide) groups is 1. The molecule has 1 N–H and O–H groups in total. The van der Waals surface area contributed by atoms with Gasteiger partial charge >= 0.3 is 0 Å². The van der Waals surface area contributed by atoms with Gasteiger partial charge < -0.3 is 5.32 Å². The highest BCUT2D eigenvalue weighted by molar-refractivity contribution is 7.98. The number of nitrogens with one attached hydrogen (secondary N) is 1. The number of nitrogens with zero attached hydrogens (tertiary/aromatic N) is 1. The highest BCUT2D eigenvalue weighted by atomic mass is 32.2. The van der Waals surface area contributed by atoms with Crippen molar-refractivity contribution in [3.8, 4) is 0 Å². The van der Waals surface area contributed by atoms with Gasteiger partial charge in [0.25, 0.3) is 0 Å². The van der Waals surface area contributed by atoms with E-state index in [9.17, 15) is 8.42 Å². The first kappa shape index (κ1) is 16.5. The Bertz CT molecular complexity index is 515. The Kier molecular flexibility index (Phi) is 6.32. The third kappa shape index (κ3) is 4.21. The topological polar surface area (TPSA) is 49.4 Å². The van der Waals surface area contributed by atoms with E-state index in [-0.39, 0.29) is 0 Å². The van der Waals surface area contributed by atoms with Crippen LogP contribution in [0.3, 0.4) is 0 Å². The number of hydrogen-bond acceptors (Lipinski definition) is 4. The normalized spacial score (nSPS) is 12.1. The summed E-state index contributed by atoms with van der Waals surface area (Å²) in [5.74, 6) is 0.797. The maximum Gasteiger partial charge on any atom is 0.243 e. The minimum atomic E-state index is -3.39. The fraction of sp³-hybridized carbons (Fsp3) is 0.538. The molecular formula is C13H22N2O2S2. The van der Waals surface area contributed by atoms with E-state index in [1.807, 2.05) is 32.4 Å². The average molecular weight is 302 g/mol. The van der Waals surface area contributed by atoms with E-state index >= 15 is 0 Å². The molecule has 0 heterocycles. The molecule has 0 aliphatic rings. The molecule has 0 radical (unpaired) electrons. The lowest BCUT2D eigenvalue weighted by atomic mass is 10.1. The SMILES string of the molecule is CNCc1ccc(C)c(S(=O)(=O)N(C)CCSC)c1. The Hall–Kier alpha value is -0.560. The van der Waals surface area contributed by atoms with Crippen LogP contribution in [0.5, 0.6) is 0 Å². The van der Waals surface area contributed by atoms with E-state index in [1.165, 1.54) is 4.31 Å². The van der Waals surface area contributed by atoms with Gasteiger partial charge in [0.2, 0.25) is 10.0 Å². The lowest BCUT2D eigenvalue weighted by Gasteiger charge is -2.18. The van der Waals surface area contributed by atoms with Crippen LogP contribution in [0.15, 0.2) is 23.1 Å². The molecule has 0 bridgehead atoms. The number of sulfonamides is 1. The first-order chi connectivity index (χ1) is 8.93. The second-order valence-electron chi connectivity index (χ2n) is 4.45. The average Bonchev–Trinajstić information content (AvgIpc) is 2.38. The van der Waals surface area contributed by atoms with Gasteiger partial charge in [-0.2, -0.15) is 11.8 Å². The fourth-order valence-electron chi connectivity index (χ4n) is 1.74. The van der Waals surface area contributed by atoms with Gasteiger partial charge in [0, 0.05) is 25.9 Å². The van der Waals surface area contributed by atoms with Crippen LogP contribution in [0.4, 0.5) is 0 Å². The molecule has 0 aliphatic heterocycles. The van der Waals surface area contributed by atoms with Crippen LogP contribution in [0.2, 0.25) is 0 Å². The smallest absolute Gasteiger partial charge is 0.243 e. The van der Waals surface area contributed by atoms with Crippen molar-refractivity contribution in [2.24, 2.45) is 0 Å². The predicted octanol–water partition coefficient (Wildman–Crippen LogP) is 1.70. The third-order valence-corrected chi connectivity index (χ3v) is 5.52. The van der Waals surface area contributed by atoms with Crippen molar-refractivity contribution < 1.29 is 8.42 Å². The van der Waals surface area contributed by atoms with Gasteiger partial charge in [-0.1, -0.05) is 12.1 Å². The van der Waals surface area contributed by atoms with Crippen molar-refractivity contribution in [1.82, 2.24) is 9.62 Å².